The fourth-order valence-electron chi connectivity index (χ4n) is 1.15. The summed E-state index contributed by atoms with van der Waals surface area (Å²) in [5, 5.41) is 0. The molecule has 0 saturated heterocycles. The van der Waals surface area contributed by atoms with Gasteiger partial charge >= 0.3 is 6.18 Å². The first-order valence-corrected chi connectivity index (χ1v) is 5.00. The molecule has 0 heterocycles. The number of hydrazine groups is 1. The molecule has 0 aliphatic heterocycles. The minimum absolute atomic E-state index is 0.179. The van der Waals surface area contributed by atoms with E-state index < -0.39 is 11.7 Å². The summed E-state index contributed by atoms with van der Waals surface area (Å²) in [4.78, 5) is 3.74. The molecule has 1 aromatic carbocycles. The lowest BCUT2D eigenvalue weighted by Crippen LogP contribution is -2.31. The number of hydrogen-bond acceptors (Lipinski definition) is 2. The standard InChI is InChI=1S/C9H9BrF3N3/c1-15-8(16-14)6-4-5(9(11,12)13)2-3-7(6)10/h2-4H,14H2,1H3,(H,15,16). The number of rotatable bonds is 1. The molecule has 0 unspecified atom stereocenters. The average Bonchev–Trinajstić information content (AvgIpc) is 2.20. The Morgan fingerprint density at radius 2 is 2.06 bits per heavy atom. The van der Waals surface area contributed by atoms with Gasteiger partial charge in [-0.15, -0.1) is 0 Å². The van der Waals surface area contributed by atoms with Gasteiger partial charge < -0.3 is 5.43 Å². The number of halogens is 4. The fraction of sp³-hybridized carbons (Fsp3) is 0.222. The van der Waals surface area contributed by atoms with Crippen LogP contribution in [-0.2, 0) is 6.18 Å². The minimum atomic E-state index is -4.39. The van der Waals surface area contributed by atoms with Gasteiger partial charge in [-0.25, -0.2) is 5.84 Å². The molecule has 0 aromatic heterocycles. The molecule has 3 nitrogen and oxygen atoms in total. The molecule has 0 atom stereocenters. The molecular formula is C9H9BrF3N3. The number of benzene rings is 1. The van der Waals surface area contributed by atoms with E-state index in [2.05, 4.69) is 26.3 Å². The summed E-state index contributed by atoms with van der Waals surface area (Å²) >= 11 is 3.14. The predicted octanol–water partition coefficient (Wildman–Crippen LogP) is 2.31. The van der Waals surface area contributed by atoms with E-state index in [1.807, 2.05) is 0 Å². The predicted molar refractivity (Wildman–Crippen MR) is 58.9 cm³/mol. The molecule has 0 radical (unpaired) electrons. The van der Waals surface area contributed by atoms with Gasteiger partial charge in [-0.1, -0.05) is 15.9 Å². The van der Waals surface area contributed by atoms with Gasteiger partial charge in [0.2, 0.25) is 0 Å². The minimum Gasteiger partial charge on any atom is -0.308 e. The quantitative estimate of drug-likeness (QED) is 0.361. The van der Waals surface area contributed by atoms with Crippen LogP contribution in [0.2, 0.25) is 0 Å². The number of hydrogen-bond donors (Lipinski definition) is 2. The smallest absolute Gasteiger partial charge is 0.308 e. The third-order valence-electron chi connectivity index (χ3n) is 1.91. The third-order valence-corrected chi connectivity index (χ3v) is 2.60. The summed E-state index contributed by atoms with van der Waals surface area (Å²) in [6.07, 6.45) is -4.39. The number of nitrogens with two attached hydrogens (primary N) is 1. The topological polar surface area (TPSA) is 50.4 Å². The average molecular weight is 296 g/mol. The number of amidine groups is 1. The van der Waals surface area contributed by atoms with E-state index >= 15 is 0 Å². The van der Waals surface area contributed by atoms with Crippen molar-refractivity contribution in [3.63, 3.8) is 0 Å². The molecule has 0 spiro atoms. The van der Waals surface area contributed by atoms with Crippen LogP contribution >= 0.6 is 15.9 Å². The van der Waals surface area contributed by atoms with Crippen molar-refractivity contribution in [2.45, 2.75) is 6.18 Å². The molecule has 0 saturated carbocycles. The number of nitrogens with one attached hydrogen (secondary N) is 1. The summed E-state index contributed by atoms with van der Waals surface area (Å²) in [5.74, 6) is 5.34. The van der Waals surface area contributed by atoms with Crippen LogP contribution < -0.4 is 11.3 Å². The summed E-state index contributed by atoms with van der Waals surface area (Å²) in [7, 11) is 1.43. The highest BCUT2D eigenvalue weighted by atomic mass is 79.9. The van der Waals surface area contributed by atoms with E-state index in [4.69, 9.17) is 5.84 Å². The lowest BCUT2D eigenvalue weighted by Gasteiger charge is -2.11. The van der Waals surface area contributed by atoms with Gasteiger partial charge in [0.15, 0.2) is 0 Å². The summed E-state index contributed by atoms with van der Waals surface area (Å²) in [5.41, 5.74) is 1.76. The Bertz CT molecular complexity index is 415. The van der Waals surface area contributed by atoms with E-state index in [0.29, 0.717) is 4.47 Å². The highest BCUT2D eigenvalue weighted by Crippen LogP contribution is 2.31. The number of alkyl halides is 3. The van der Waals surface area contributed by atoms with Crippen LogP contribution in [0.1, 0.15) is 11.1 Å². The maximum absolute atomic E-state index is 12.5. The highest BCUT2D eigenvalue weighted by Gasteiger charge is 2.31. The maximum atomic E-state index is 12.5. The van der Waals surface area contributed by atoms with Gasteiger partial charge in [0, 0.05) is 17.1 Å². The van der Waals surface area contributed by atoms with Crippen molar-refractivity contribution < 1.29 is 13.2 Å². The number of nitrogens with zero attached hydrogens (tertiary/aromatic N) is 1. The zero-order valence-corrected chi connectivity index (χ0v) is 9.85. The fourth-order valence-corrected chi connectivity index (χ4v) is 1.58. The van der Waals surface area contributed by atoms with Crippen LogP contribution in [0.15, 0.2) is 27.7 Å². The summed E-state index contributed by atoms with van der Waals surface area (Å²) in [6, 6.07) is 3.27. The van der Waals surface area contributed by atoms with Gasteiger partial charge in [-0.05, 0) is 18.2 Å². The first-order chi connectivity index (χ1) is 7.40. The molecule has 0 amide bonds. The Kier molecular flexibility index (Phi) is 3.93. The van der Waals surface area contributed by atoms with Crippen molar-refractivity contribution >= 4 is 21.8 Å². The molecule has 16 heavy (non-hydrogen) atoms. The summed E-state index contributed by atoms with van der Waals surface area (Å²) < 4.78 is 37.9. The monoisotopic (exact) mass is 295 g/mol. The van der Waals surface area contributed by atoms with Crippen molar-refractivity contribution in [2.75, 3.05) is 7.05 Å². The van der Waals surface area contributed by atoms with Crippen LogP contribution in [-0.4, -0.2) is 12.9 Å². The van der Waals surface area contributed by atoms with Gasteiger partial charge in [-0.2, -0.15) is 13.2 Å². The lowest BCUT2D eigenvalue weighted by atomic mass is 10.1. The Morgan fingerprint density at radius 3 is 2.50 bits per heavy atom. The lowest BCUT2D eigenvalue weighted by molar-refractivity contribution is -0.137. The summed E-state index contributed by atoms with van der Waals surface area (Å²) in [6.45, 7) is 0. The molecule has 0 aliphatic carbocycles. The first-order valence-electron chi connectivity index (χ1n) is 4.20. The first kappa shape index (κ1) is 13.0. The van der Waals surface area contributed by atoms with E-state index in [9.17, 15) is 13.2 Å². The van der Waals surface area contributed by atoms with Crippen molar-refractivity contribution in [3.05, 3.63) is 33.8 Å². The van der Waals surface area contributed by atoms with Crippen molar-refractivity contribution in [1.29, 1.82) is 0 Å². The largest absolute Gasteiger partial charge is 0.416 e. The zero-order valence-electron chi connectivity index (χ0n) is 8.27. The van der Waals surface area contributed by atoms with Gasteiger partial charge in [0.05, 0.1) is 5.56 Å². The Hall–Kier alpha value is -1.08. The van der Waals surface area contributed by atoms with Crippen LogP contribution in [0.3, 0.4) is 0 Å². The van der Waals surface area contributed by atoms with Crippen molar-refractivity contribution in [3.8, 4) is 0 Å². The third kappa shape index (κ3) is 2.73. The molecule has 0 aliphatic rings. The van der Waals surface area contributed by atoms with Crippen molar-refractivity contribution in [2.24, 2.45) is 10.8 Å². The van der Waals surface area contributed by atoms with Crippen LogP contribution in [0, 0.1) is 0 Å². The second-order valence-electron chi connectivity index (χ2n) is 2.91. The van der Waals surface area contributed by atoms with E-state index in [0.717, 1.165) is 12.1 Å². The molecule has 7 heteroatoms. The van der Waals surface area contributed by atoms with Gasteiger partial charge in [0.1, 0.15) is 5.84 Å². The zero-order chi connectivity index (χ0) is 12.3. The molecular weight excluding hydrogens is 287 g/mol. The second-order valence-corrected chi connectivity index (χ2v) is 3.76. The molecule has 0 fully saturated rings. The van der Waals surface area contributed by atoms with Crippen LogP contribution in [0.5, 0.6) is 0 Å². The normalized spacial score (nSPS) is 12.8. The molecule has 3 N–H and O–H groups in total. The molecule has 88 valence electrons. The Morgan fingerprint density at radius 1 is 1.44 bits per heavy atom. The Balaban J connectivity index is 3.29. The van der Waals surface area contributed by atoms with E-state index in [-0.39, 0.29) is 11.4 Å². The van der Waals surface area contributed by atoms with E-state index in [1.54, 1.807) is 0 Å². The Labute approximate surface area is 98.6 Å². The van der Waals surface area contributed by atoms with Gasteiger partial charge in [-0.3, -0.25) is 4.99 Å². The second kappa shape index (κ2) is 4.84. The maximum Gasteiger partial charge on any atom is 0.416 e. The molecule has 1 rings (SSSR count). The molecule has 1 aromatic rings. The molecule has 0 bridgehead atoms. The SMILES string of the molecule is CN=C(NN)c1cc(C(F)(F)F)ccc1Br. The highest BCUT2D eigenvalue weighted by molar-refractivity contribution is 9.10. The number of aliphatic imine (C=N–C) groups is 1. The van der Waals surface area contributed by atoms with Crippen LogP contribution in [0.25, 0.3) is 0 Å². The van der Waals surface area contributed by atoms with Gasteiger partial charge in [0.25, 0.3) is 0 Å². The van der Waals surface area contributed by atoms with E-state index in [1.165, 1.54) is 13.1 Å². The van der Waals surface area contributed by atoms with Crippen LogP contribution in [0.4, 0.5) is 13.2 Å². The van der Waals surface area contributed by atoms with Crippen molar-refractivity contribution in [1.82, 2.24) is 5.43 Å².